The molecule has 9 nitrogen and oxygen atoms in total. The van der Waals surface area contributed by atoms with Crippen molar-refractivity contribution in [2.75, 3.05) is 0 Å². The number of non-ortho nitro benzene ring substituents is 1. The van der Waals surface area contributed by atoms with Gasteiger partial charge in [-0.3, -0.25) is 24.5 Å². The van der Waals surface area contributed by atoms with E-state index >= 15 is 0 Å². The van der Waals surface area contributed by atoms with Crippen LogP contribution in [0.1, 0.15) is 12.0 Å². The van der Waals surface area contributed by atoms with Gasteiger partial charge in [-0.05, 0) is 41.4 Å². The van der Waals surface area contributed by atoms with Crippen LogP contribution in [0.2, 0.25) is 0 Å². The molecule has 6 atom stereocenters. The predicted molar refractivity (Wildman–Crippen MR) is 88.8 cm³/mol. The fourth-order valence-corrected chi connectivity index (χ4v) is 6.18. The van der Waals surface area contributed by atoms with Gasteiger partial charge in [-0.25, -0.2) is 4.79 Å². The van der Waals surface area contributed by atoms with Gasteiger partial charge in [0.25, 0.3) is 17.5 Å². The number of rotatable bonds is 4. The van der Waals surface area contributed by atoms with E-state index < -0.39 is 34.7 Å². The van der Waals surface area contributed by atoms with Gasteiger partial charge in [-0.2, -0.15) is 0 Å². The van der Waals surface area contributed by atoms with Crippen molar-refractivity contribution < 1.29 is 28.9 Å². The number of carbonyl (C=O) groups is 3. The van der Waals surface area contributed by atoms with E-state index in [1.54, 1.807) is 0 Å². The second kappa shape index (κ2) is 4.60. The number of nitro groups is 1. The molecule has 6 rings (SSSR count). The molecule has 4 fully saturated rings. The summed E-state index contributed by atoms with van der Waals surface area (Å²) >= 11 is 0. The predicted octanol–water partition coefficient (Wildman–Crippen LogP) is 1.97. The molecule has 0 bridgehead atoms. The van der Waals surface area contributed by atoms with Crippen molar-refractivity contribution in [2.45, 2.75) is 13.0 Å². The molecule has 1 aromatic rings. The molecule has 2 spiro atoms. The van der Waals surface area contributed by atoms with E-state index in [0.29, 0.717) is 16.5 Å². The standard InChI is InChI=1S/C19H14N2O7/c22-15-13-11-7-19(11)12-5-6-18(12,19)14(13)16(23)20(15)28-17(24)27-8-9-1-3-10(4-2-9)21(25)26/h1-6,11-14H,7-8H2/t11?,12?,13-,14+,18?,19?/m0/s1. The molecule has 0 aromatic heterocycles. The Kier molecular flexibility index (Phi) is 2.59. The van der Waals surface area contributed by atoms with Gasteiger partial charge in [0, 0.05) is 17.5 Å². The second-order valence-corrected chi connectivity index (χ2v) is 8.15. The van der Waals surface area contributed by atoms with Crippen molar-refractivity contribution in [2.24, 2.45) is 34.5 Å². The van der Waals surface area contributed by atoms with Crippen LogP contribution in [0.25, 0.3) is 0 Å². The highest BCUT2D eigenvalue weighted by Crippen LogP contribution is 2.99. The van der Waals surface area contributed by atoms with Gasteiger partial charge in [0.1, 0.15) is 6.61 Å². The number of imide groups is 1. The quantitative estimate of drug-likeness (QED) is 0.257. The van der Waals surface area contributed by atoms with Crippen molar-refractivity contribution in [1.82, 2.24) is 5.06 Å². The maximum atomic E-state index is 12.8. The Morgan fingerprint density at radius 2 is 2.00 bits per heavy atom. The van der Waals surface area contributed by atoms with Crippen LogP contribution in [0.5, 0.6) is 0 Å². The van der Waals surface area contributed by atoms with Crippen LogP contribution in [-0.4, -0.2) is 28.0 Å². The van der Waals surface area contributed by atoms with Crippen LogP contribution < -0.4 is 0 Å². The first-order valence-corrected chi connectivity index (χ1v) is 9.07. The number of ether oxygens (including phenoxy) is 1. The van der Waals surface area contributed by atoms with Gasteiger partial charge >= 0.3 is 6.16 Å². The van der Waals surface area contributed by atoms with E-state index in [-0.39, 0.29) is 29.0 Å². The molecule has 1 saturated heterocycles. The van der Waals surface area contributed by atoms with E-state index in [4.69, 9.17) is 9.57 Å². The van der Waals surface area contributed by atoms with Crippen molar-refractivity contribution in [3.05, 3.63) is 52.1 Å². The molecule has 4 unspecified atom stereocenters. The number of benzene rings is 1. The van der Waals surface area contributed by atoms with Crippen molar-refractivity contribution in [1.29, 1.82) is 0 Å². The molecule has 5 aliphatic rings. The van der Waals surface area contributed by atoms with Gasteiger partial charge in [-0.15, -0.1) is 0 Å². The number of allylic oxidation sites excluding steroid dienone is 2. The summed E-state index contributed by atoms with van der Waals surface area (Å²) < 4.78 is 4.95. The van der Waals surface area contributed by atoms with E-state index in [1.807, 2.05) is 0 Å². The van der Waals surface area contributed by atoms with Crippen LogP contribution in [0.3, 0.4) is 0 Å². The van der Waals surface area contributed by atoms with Crippen molar-refractivity contribution >= 4 is 23.7 Å². The number of nitrogens with zero attached hydrogens (tertiary/aromatic N) is 2. The number of carbonyl (C=O) groups excluding carboxylic acids is 3. The van der Waals surface area contributed by atoms with Crippen LogP contribution in [0, 0.1) is 44.6 Å². The summed E-state index contributed by atoms with van der Waals surface area (Å²) in [5.74, 6) is -1.12. The Bertz CT molecular complexity index is 1020. The van der Waals surface area contributed by atoms with E-state index in [9.17, 15) is 24.5 Å². The van der Waals surface area contributed by atoms with Gasteiger partial charge in [0.15, 0.2) is 0 Å². The molecule has 1 aromatic carbocycles. The lowest BCUT2D eigenvalue weighted by Gasteiger charge is -2.25. The molecule has 2 amide bonds. The fourth-order valence-electron chi connectivity index (χ4n) is 6.18. The SMILES string of the molecule is O=C(OCc1ccc([N+](=O)[O-])cc1)ON1C(=O)[C@H]2C3CC34C3C=CC34[C@H]2C1=O. The Labute approximate surface area is 158 Å². The Hall–Kier alpha value is -3.23. The second-order valence-electron chi connectivity index (χ2n) is 8.15. The third-order valence-electron chi connectivity index (χ3n) is 7.34. The zero-order valence-electron chi connectivity index (χ0n) is 14.4. The Balaban J connectivity index is 1.11. The molecule has 3 saturated carbocycles. The van der Waals surface area contributed by atoms with Crippen molar-refractivity contribution in [3.63, 3.8) is 0 Å². The summed E-state index contributed by atoms with van der Waals surface area (Å²) in [6.07, 6.45) is 3.99. The first kappa shape index (κ1) is 15.8. The van der Waals surface area contributed by atoms with Crippen LogP contribution in [0.15, 0.2) is 36.4 Å². The molecular weight excluding hydrogens is 368 g/mol. The van der Waals surface area contributed by atoms with Crippen LogP contribution in [-0.2, 0) is 25.8 Å². The van der Waals surface area contributed by atoms with E-state index in [2.05, 4.69) is 12.2 Å². The molecule has 4 aliphatic carbocycles. The van der Waals surface area contributed by atoms with Gasteiger partial charge in [-0.1, -0.05) is 17.2 Å². The largest absolute Gasteiger partial charge is 0.534 e. The molecule has 1 aliphatic heterocycles. The fraction of sp³-hybridized carbons (Fsp3) is 0.421. The first-order chi connectivity index (χ1) is 13.4. The molecule has 9 heteroatoms. The lowest BCUT2D eigenvalue weighted by molar-refractivity contribution is -0.384. The summed E-state index contributed by atoms with van der Waals surface area (Å²) in [6.45, 7) is -0.194. The molecule has 28 heavy (non-hydrogen) atoms. The summed E-state index contributed by atoms with van der Waals surface area (Å²) in [5, 5.41) is 11.2. The number of hydrogen-bond donors (Lipinski definition) is 0. The van der Waals surface area contributed by atoms with Gasteiger partial charge in [0.05, 0.1) is 16.8 Å². The lowest BCUT2D eigenvalue weighted by atomic mass is 9.75. The summed E-state index contributed by atoms with van der Waals surface area (Å²) in [5.41, 5.74) is 0.386. The summed E-state index contributed by atoms with van der Waals surface area (Å²) in [4.78, 5) is 52.5. The smallest absolute Gasteiger partial charge is 0.428 e. The molecular formula is C19H14N2O7. The van der Waals surface area contributed by atoms with Gasteiger partial charge in [0.2, 0.25) is 0 Å². The average Bonchev–Trinajstić information content (AvgIpc) is 3.38. The Morgan fingerprint density at radius 1 is 1.25 bits per heavy atom. The first-order valence-electron chi connectivity index (χ1n) is 9.07. The summed E-state index contributed by atoms with van der Waals surface area (Å²) in [6, 6.07) is 5.48. The minimum atomic E-state index is -1.16. The summed E-state index contributed by atoms with van der Waals surface area (Å²) in [7, 11) is 0. The number of nitro benzene ring substituents is 1. The molecule has 1 heterocycles. The van der Waals surface area contributed by atoms with Crippen LogP contribution in [0.4, 0.5) is 10.5 Å². The highest BCUT2D eigenvalue weighted by atomic mass is 16.8. The van der Waals surface area contributed by atoms with E-state index in [1.165, 1.54) is 24.3 Å². The number of fused-ring (bicyclic) bond motifs is 2. The molecule has 142 valence electrons. The topological polar surface area (TPSA) is 116 Å². The minimum absolute atomic E-state index is 0.0786. The minimum Gasteiger partial charge on any atom is -0.428 e. The normalized spacial score (nSPS) is 40.1. The number of hydrogen-bond acceptors (Lipinski definition) is 7. The van der Waals surface area contributed by atoms with Crippen LogP contribution >= 0.6 is 0 Å². The van der Waals surface area contributed by atoms with Crippen molar-refractivity contribution in [3.8, 4) is 0 Å². The maximum Gasteiger partial charge on any atom is 0.534 e. The highest BCUT2D eigenvalue weighted by molar-refractivity contribution is 6.07. The maximum absolute atomic E-state index is 12.8. The zero-order chi connectivity index (χ0) is 19.4. The Morgan fingerprint density at radius 3 is 2.64 bits per heavy atom. The average molecular weight is 382 g/mol. The zero-order valence-corrected chi connectivity index (χ0v) is 14.4. The highest BCUT2D eigenvalue weighted by Gasteiger charge is 2.98. The van der Waals surface area contributed by atoms with E-state index in [0.717, 1.165) is 6.42 Å². The lowest BCUT2D eigenvalue weighted by Crippen LogP contribution is -2.36. The molecule has 0 N–H and O–H groups in total. The molecule has 0 radical (unpaired) electrons. The third-order valence-corrected chi connectivity index (χ3v) is 7.34. The number of amides is 2. The van der Waals surface area contributed by atoms with Gasteiger partial charge < -0.3 is 4.74 Å². The monoisotopic (exact) mass is 382 g/mol. The number of hydroxylamine groups is 2. The third kappa shape index (κ3) is 1.54.